The lowest BCUT2D eigenvalue weighted by molar-refractivity contribution is -0.116. The van der Waals surface area contributed by atoms with Gasteiger partial charge >= 0.3 is 0 Å². The largest absolute Gasteiger partial charge is 0.325 e. The molecule has 1 heterocycles. The fraction of sp³-hybridized carbons (Fsp3) is 0.0909. The lowest BCUT2D eigenvalue weighted by Crippen LogP contribution is -2.37. The average Bonchev–Trinajstić information content (AvgIpc) is 2.96. The molecule has 4 rings (SSSR count). The van der Waals surface area contributed by atoms with E-state index in [4.69, 9.17) is 11.6 Å². The lowest BCUT2D eigenvalue weighted by Gasteiger charge is -2.15. The van der Waals surface area contributed by atoms with Crippen LogP contribution in [0.25, 0.3) is 0 Å². The summed E-state index contributed by atoms with van der Waals surface area (Å²) in [5, 5.41) is 2.99. The van der Waals surface area contributed by atoms with Crippen molar-refractivity contribution in [2.24, 2.45) is 0 Å². The number of rotatable bonds is 6. The number of fused-ring (bicyclic) bond motifs is 1. The highest BCUT2D eigenvalue weighted by atomic mass is 35.5. The van der Waals surface area contributed by atoms with Crippen LogP contribution in [0, 0.1) is 0 Å². The first kappa shape index (κ1) is 23.0. The predicted octanol–water partition coefficient (Wildman–Crippen LogP) is 3.10. The van der Waals surface area contributed by atoms with Gasteiger partial charge in [-0.15, -0.1) is 0 Å². The first-order valence-electron chi connectivity index (χ1n) is 9.61. The zero-order chi connectivity index (χ0) is 23.8. The van der Waals surface area contributed by atoms with E-state index in [0.717, 1.165) is 0 Å². The van der Waals surface area contributed by atoms with Crippen LogP contribution in [0.2, 0.25) is 5.02 Å². The van der Waals surface area contributed by atoms with Crippen molar-refractivity contribution < 1.29 is 26.4 Å². The average molecular weight is 505 g/mol. The van der Waals surface area contributed by atoms with E-state index in [9.17, 15) is 26.4 Å². The third kappa shape index (κ3) is 4.63. The number of benzene rings is 3. The highest BCUT2D eigenvalue weighted by Gasteiger charge is 2.41. The van der Waals surface area contributed by atoms with E-state index in [-0.39, 0.29) is 26.8 Å². The van der Waals surface area contributed by atoms with E-state index < -0.39 is 38.2 Å². The Bertz CT molecular complexity index is 1450. The summed E-state index contributed by atoms with van der Waals surface area (Å²) in [6.45, 7) is -0.702. The predicted molar refractivity (Wildman–Crippen MR) is 122 cm³/mol. The van der Waals surface area contributed by atoms with Gasteiger partial charge in [0.15, 0.2) is 9.84 Å². The van der Waals surface area contributed by atoms with Gasteiger partial charge in [-0.2, -0.15) is 0 Å². The topological polar surface area (TPSA) is 118 Å². The molecule has 0 aromatic heterocycles. The van der Waals surface area contributed by atoms with Crippen molar-refractivity contribution in [3.8, 4) is 0 Å². The second-order valence-corrected chi connectivity index (χ2v) is 11.5. The summed E-state index contributed by atoms with van der Waals surface area (Å²) in [5.74, 6) is -1.73. The van der Waals surface area contributed by atoms with Crippen molar-refractivity contribution in [3.05, 3.63) is 88.9 Å². The molecular formula is C22H17ClN2O6S2. The van der Waals surface area contributed by atoms with Crippen LogP contribution in [-0.2, 0) is 30.4 Å². The molecular weight excluding hydrogens is 488 g/mol. The summed E-state index contributed by atoms with van der Waals surface area (Å²) in [5.41, 5.74) is 0.849. The molecule has 1 N–H and O–H groups in total. The van der Waals surface area contributed by atoms with Gasteiger partial charge in [0.1, 0.15) is 11.4 Å². The Balaban J connectivity index is 1.44. The molecule has 0 aliphatic carbocycles. The van der Waals surface area contributed by atoms with Crippen molar-refractivity contribution in [3.63, 3.8) is 0 Å². The minimum Gasteiger partial charge on any atom is -0.325 e. The van der Waals surface area contributed by atoms with Gasteiger partial charge in [0.2, 0.25) is 5.91 Å². The second-order valence-electron chi connectivity index (χ2n) is 7.27. The third-order valence-electron chi connectivity index (χ3n) is 4.97. The Morgan fingerprint density at radius 2 is 1.58 bits per heavy atom. The van der Waals surface area contributed by atoms with Gasteiger partial charge in [-0.1, -0.05) is 35.9 Å². The number of carbonyl (C=O) groups is 2. The molecule has 3 aromatic rings. The molecule has 0 radical (unpaired) electrons. The Hall–Kier alpha value is -3.21. The van der Waals surface area contributed by atoms with E-state index in [1.165, 1.54) is 42.5 Å². The van der Waals surface area contributed by atoms with Crippen LogP contribution in [0.15, 0.2) is 82.6 Å². The first-order valence-corrected chi connectivity index (χ1v) is 13.1. The van der Waals surface area contributed by atoms with Crippen LogP contribution in [0.5, 0.6) is 0 Å². The van der Waals surface area contributed by atoms with Crippen LogP contribution in [0.1, 0.15) is 15.9 Å². The Labute approximate surface area is 195 Å². The maximum absolute atomic E-state index is 12.6. The SMILES string of the molecule is O=C(CN1C(=O)c2ccccc2S1(=O)=O)Nc1ccc(S(=O)(=O)Cc2ccc(Cl)cc2)cc1. The Kier molecular flexibility index (Phi) is 6.00. The molecule has 0 atom stereocenters. The van der Waals surface area contributed by atoms with Crippen LogP contribution in [0.3, 0.4) is 0 Å². The van der Waals surface area contributed by atoms with Crippen molar-refractivity contribution >= 4 is 49.0 Å². The molecule has 1 aliphatic heterocycles. The van der Waals surface area contributed by atoms with Gasteiger partial charge < -0.3 is 5.32 Å². The normalized spacial score (nSPS) is 14.7. The van der Waals surface area contributed by atoms with E-state index in [2.05, 4.69) is 5.32 Å². The van der Waals surface area contributed by atoms with Crippen LogP contribution in [0.4, 0.5) is 5.69 Å². The van der Waals surface area contributed by atoms with Crippen molar-refractivity contribution in [2.75, 3.05) is 11.9 Å². The van der Waals surface area contributed by atoms with Crippen LogP contribution < -0.4 is 5.32 Å². The number of hydrogen-bond acceptors (Lipinski definition) is 6. The number of carbonyl (C=O) groups excluding carboxylic acids is 2. The summed E-state index contributed by atoms with van der Waals surface area (Å²) in [6.07, 6.45) is 0. The minimum absolute atomic E-state index is 0.0144. The van der Waals surface area contributed by atoms with E-state index in [1.807, 2.05) is 0 Å². The van der Waals surface area contributed by atoms with Crippen molar-refractivity contribution in [1.82, 2.24) is 4.31 Å². The number of nitrogens with one attached hydrogen (secondary N) is 1. The quantitative estimate of drug-likeness (QED) is 0.551. The number of nitrogens with zero attached hydrogens (tertiary/aromatic N) is 1. The minimum atomic E-state index is -4.11. The first-order chi connectivity index (χ1) is 15.6. The van der Waals surface area contributed by atoms with E-state index in [0.29, 0.717) is 14.9 Å². The van der Waals surface area contributed by atoms with Gasteiger partial charge in [-0.3, -0.25) is 9.59 Å². The van der Waals surface area contributed by atoms with Gasteiger partial charge in [0, 0.05) is 10.7 Å². The third-order valence-corrected chi connectivity index (χ3v) is 8.71. The lowest BCUT2D eigenvalue weighted by atomic mass is 10.2. The summed E-state index contributed by atoms with van der Waals surface area (Å²) >= 11 is 5.82. The monoisotopic (exact) mass is 504 g/mol. The fourth-order valence-electron chi connectivity index (χ4n) is 3.35. The number of amides is 2. The number of halogens is 1. The van der Waals surface area contributed by atoms with Crippen molar-refractivity contribution in [2.45, 2.75) is 15.5 Å². The van der Waals surface area contributed by atoms with E-state index in [1.54, 1.807) is 30.3 Å². The van der Waals surface area contributed by atoms with Crippen LogP contribution >= 0.6 is 11.6 Å². The fourth-order valence-corrected chi connectivity index (χ4v) is 6.35. The molecule has 0 fully saturated rings. The molecule has 3 aromatic carbocycles. The van der Waals surface area contributed by atoms with Gasteiger partial charge in [0.05, 0.1) is 16.2 Å². The zero-order valence-electron chi connectivity index (χ0n) is 16.9. The van der Waals surface area contributed by atoms with Gasteiger partial charge in [-0.25, -0.2) is 21.1 Å². The summed E-state index contributed by atoms with van der Waals surface area (Å²) < 4.78 is 50.9. The maximum Gasteiger partial charge on any atom is 0.269 e. The maximum atomic E-state index is 12.6. The summed E-state index contributed by atoms with van der Waals surface area (Å²) in [6, 6.07) is 17.7. The van der Waals surface area contributed by atoms with Crippen molar-refractivity contribution in [1.29, 1.82) is 0 Å². The molecule has 170 valence electrons. The van der Waals surface area contributed by atoms with Gasteiger partial charge in [0.25, 0.3) is 15.9 Å². The molecule has 0 spiro atoms. The van der Waals surface area contributed by atoms with Gasteiger partial charge in [-0.05, 0) is 54.1 Å². The molecule has 8 nitrogen and oxygen atoms in total. The van der Waals surface area contributed by atoms with E-state index >= 15 is 0 Å². The molecule has 1 aliphatic rings. The second kappa shape index (κ2) is 8.62. The smallest absolute Gasteiger partial charge is 0.269 e. The highest BCUT2D eigenvalue weighted by Crippen LogP contribution is 2.29. The number of sulfonamides is 1. The summed E-state index contributed by atoms with van der Waals surface area (Å²) in [4.78, 5) is 24.7. The number of hydrogen-bond donors (Lipinski definition) is 1. The summed E-state index contributed by atoms with van der Waals surface area (Å²) in [7, 11) is -7.74. The zero-order valence-corrected chi connectivity index (χ0v) is 19.3. The standard InChI is InChI=1S/C22H17ClN2O6S2/c23-16-7-5-15(6-8-16)14-32(28,29)18-11-9-17(10-12-18)24-21(26)13-25-22(27)19-3-1-2-4-20(19)33(25,30)31/h1-12H,13-14H2,(H,24,26). The molecule has 0 saturated heterocycles. The Morgan fingerprint density at radius 1 is 0.939 bits per heavy atom. The van der Waals surface area contributed by atoms with Crippen LogP contribution in [-0.4, -0.2) is 39.5 Å². The molecule has 11 heteroatoms. The number of anilines is 1. The molecule has 33 heavy (non-hydrogen) atoms. The molecule has 2 amide bonds. The Morgan fingerprint density at radius 3 is 2.21 bits per heavy atom. The molecule has 0 unspecified atom stereocenters. The molecule has 0 saturated carbocycles. The number of sulfone groups is 1. The highest BCUT2D eigenvalue weighted by molar-refractivity contribution is 7.90. The molecule has 0 bridgehead atoms.